The van der Waals surface area contributed by atoms with Gasteiger partial charge in [-0.1, -0.05) is 17.3 Å². The fraction of sp³-hybridized carbons (Fsp3) is 0.200. The summed E-state index contributed by atoms with van der Waals surface area (Å²) in [6.07, 6.45) is 0. The van der Waals surface area contributed by atoms with Gasteiger partial charge in [0.1, 0.15) is 11.4 Å². The average Bonchev–Trinajstić information content (AvgIpc) is 3.23. The standard InChI is InChI=1S/C20H19N5O3/c1-11-8-15(19(26)22-16-9-12(2)25(3)23-16)17-18(24-28-20(17)21-11)13-6-5-7-14(10-13)27-4/h5-10H,1-4H3,(H,22,23,26). The van der Waals surface area contributed by atoms with Crippen LogP contribution in [-0.4, -0.2) is 32.9 Å². The van der Waals surface area contributed by atoms with Crippen LogP contribution in [0.4, 0.5) is 5.82 Å². The van der Waals surface area contributed by atoms with Crippen LogP contribution < -0.4 is 10.1 Å². The number of ether oxygens (including phenoxy) is 1. The summed E-state index contributed by atoms with van der Waals surface area (Å²) in [6, 6.07) is 10.9. The van der Waals surface area contributed by atoms with E-state index >= 15 is 0 Å². The number of hydrogen-bond donors (Lipinski definition) is 1. The molecule has 142 valence electrons. The smallest absolute Gasteiger partial charge is 0.259 e. The molecule has 1 aromatic carbocycles. The number of methoxy groups -OCH3 is 1. The summed E-state index contributed by atoms with van der Waals surface area (Å²) < 4.78 is 12.4. The predicted molar refractivity (Wildman–Crippen MR) is 104 cm³/mol. The highest BCUT2D eigenvalue weighted by Crippen LogP contribution is 2.32. The molecule has 3 heterocycles. The van der Waals surface area contributed by atoms with E-state index in [1.54, 1.807) is 30.8 Å². The van der Waals surface area contributed by atoms with Crippen molar-refractivity contribution in [2.75, 3.05) is 12.4 Å². The van der Waals surface area contributed by atoms with E-state index in [0.29, 0.717) is 39.6 Å². The summed E-state index contributed by atoms with van der Waals surface area (Å²) in [5.41, 5.74) is 3.62. The Labute approximate surface area is 161 Å². The first kappa shape index (κ1) is 17.7. The van der Waals surface area contributed by atoms with Crippen molar-refractivity contribution in [3.63, 3.8) is 0 Å². The predicted octanol–water partition coefficient (Wildman–Crippen LogP) is 3.50. The lowest BCUT2D eigenvalue weighted by Crippen LogP contribution is -2.13. The topological polar surface area (TPSA) is 95.1 Å². The minimum absolute atomic E-state index is 0.305. The second-order valence-corrected chi connectivity index (χ2v) is 6.50. The van der Waals surface area contributed by atoms with Crippen molar-refractivity contribution in [2.45, 2.75) is 13.8 Å². The van der Waals surface area contributed by atoms with Gasteiger partial charge in [0.25, 0.3) is 11.6 Å². The summed E-state index contributed by atoms with van der Waals surface area (Å²) >= 11 is 0. The van der Waals surface area contributed by atoms with Crippen LogP contribution in [0.15, 0.2) is 40.9 Å². The molecule has 0 atom stereocenters. The van der Waals surface area contributed by atoms with Crippen LogP contribution in [0.1, 0.15) is 21.7 Å². The summed E-state index contributed by atoms with van der Waals surface area (Å²) in [7, 11) is 3.42. The molecule has 0 aliphatic rings. The van der Waals surface area contributed by atoms with E-state index in [-0.39, 0.29) is 5.91 Å². The van der Waals surface area contributed by atoms with Crippen LogP contribution in [0.5, 0.6) is 5.75 Å². The normalized spacial score (nSPS) is 11.0. The van der Waals surface area contributed by atoms with E-state index in [0.717, 1.165) is 11.3 Å². The number of benzene rings is 1. The molecule has 0 saturated heterocycles. The molecule has 3 aromatic heterocycles. The third-order valence-electron chi connectivity index (χ3n) is 4.52. The first-order valence-electron chi connectivity index (χ1n) is 8.69. The monoisotopic (exact) mass is 377 g/mol. The largest absolute Gasteiger partial charge is 0.497 e. The Kier molecular flexibility index (Phi) is 4.31. The molecule has 0 radical (unpaired) electrons. The van der Waals surface area contributed by atoms with Gasteiger partial charge >= 0.3 is 0 Å². The number of fused-ring (bicyclic) bond motifs is 1. The van der Waals surface area contributed by atoms with Crippen molar-refractivity contribution in [1.29, 1.82) is 0 Å². The lowest BCUT2D eigenvalue weighted by atomic mass is 10.0. The molecular formula is C20H19N5O3. The molecule has 1 amide bonds. The zero-order valence-electron chi connectivity index (χ0n) is 16.0. The Bertz CT molecular complexity index is 1170. The average molecular weight is 377 g/mol. The zero-order valence-corrected chi connectivity index (χ0v) is 16.0. The number of aryl methyl sites for hydroxylation is 3. The molecule has 1 N–H and O–H groups in total. The van der Waals surface area contributed by atoms with Gasteiger partial charge in [0.15, 0.2) is 5.82 Å². The number of amides is 1. The molecule has 0 unspecified atom stereocenters. The van der Waals surface area contributed by atoms with Crippen molar-refractivity contribution < 1.29 is 14.1 Å². The number of rotatable bonds is 4. The zero-order chi connectivity index (χ0) is 19.8. The van der Waals surface area contributed by atoms with Crippen LogP contribution >= 0.6 is 0 Å². The molecule has 8 heteroatoms. The summed E-state index contributed by atoms with van der Waals surface area (Å²) in [4.78, 5) is 17.4. The second-order valence-electron chi connectivity index (χ2n) is 6.50. The fourth-order valence-electron chi connectivity index (χ4n) is 3.03. The first-order chi connectivity index (χ1) is 13.5. The number of hydrogen-bond acceptors (Lipinski definition) is 6. The van der Waals surface area contributed by atoms with Gasteiger partial charge < -0.3 is 14.6 Å². The number of nitrogens with one attached hydrogen (secondary N) is 1. The number of carbonyl (C=O) groups excluding carboxylic acids is 1. The molecule has 8 nitrogen and oxygen atoms in total. The molecule has 28 heavy (non-hydrogen) atoms. The highest BCUT2D eigenvalue weighted by molar-refractivity contribution is 6.14. The lowest BCUT2D eigenvalue weighted by molar-refractivity contribution is 0.102. The number of carbonyl (C=O) groups is 1. The second kappa shape index (κ2) is 6.80. The molecule has 0 spiro atoms. The maximum atomic E-state index is 13.0. The van der Waals surface area contributed by atoms with E-state index in [9.17, 15) is 4.79 Å². The highest BCUT2D eigenvalue weighted by atomic mass is 16.5. The van der Waals surface area contributed by atoms with Gasteiger partial charge in [-0.25, -0.2) is 4.98 Å². The van der Waals surface area contributed by atoms with Crippen molar-refractivity contribution in [2.24, 2.45) is 7.05 Å². The molecule has 4 aromatic rings. The Morgan fingerprint density at radius 1 is 1.21 bits per heavy atom. The van der Waals surface area contributed by atoms with Gasteiger partial charge in [-0.15, -0.1) is 0 Å². The minimum Gasteiger partial charge on any atom is -0.497 e. The van der Waals surface area contributed by atoms with Gasteiger partial charge in [-0.05, 0) is 32.0 Å². The van der Waals surface area contributed by atoms with Crippen molar-refractivity contribution in [1.82, 2.24) is 19.9 Å². The third-order valence-corrected chi connectivity index (χ3v) is 4.52. The van der Waals surface area contributed by atoms with Gasteiger partial charge in [0.2, 0.25) is 0 Å². The summed E-state index contributed by atoms with van der Waals surface area (Å²) in [5.74, 6) is 0.858. The van der Waals surface area contributed by atoms with E-state index in [2.05, 4.69) is 20.6 Å². The van der Waals surface area contributed by atoms with Crippen molar-refractivity contribution in [3.8, 4) is 17.0 Å². The molecule has 0 fully saturated rings. The Hall–Kier alpha value is -3.68. The van der Waals surface area contributed by atoms with E-state index in [1.807, 2.05) is 38.2 Å². The summed E-state index contributed by atoms with van der Waals surface area (Å²) in [5, 5.41) is 11.8. The number of aromatic nitrogens is 4. The van der Waals surface area contributed by atoms with Gasteiger partial charge in [0, 0.05) is 30.1 Å². The molecule has 0 aliphatic carbocycles. The Balaban J connectivity index is 1.83. The van der Waals surface area contributed by atoms with Crippen LogP contribution in [0, 0.1) is 13.8 Å². The molecule has 4 rings (SSSR count). The first-order valence-corrected chi connectivity index (χ1v) is 8.69. The quantitative estimate of drug-likeness (QED) is 0.585. The maximum absolute atomic E-state index is 13.0. The van der Waals surface area contributed by atoms with Gasteiger partial charge in [-0.3, -0.25) is 9.48 Å². The van der Waals surface area contributed by atoms with Crippen LogP contribution in [0.25, 0.3) is 22.4 Å². The lowest BCUT2D eigenvalue weighted by Gasteiger charge is -2.06. The molecular weight excluding hydrogens is 358 g/mol. The minimum atomic E-state index is -0.305. The Morgan fingerprint density at radius 3 is 2.75 bits per heavy atom. The number of nitrogens with zero attached hydrogens (tertiary/aromatic N) is 4. The van der Waals surface area contributed by atoms with Crippen molar-refractivity contribution in [3.05, 3.63) is 53.3 Å². The van der Waals surface area contributed by atoms with Gasteiger partial charge in [0.05, 0.1) is 18.1 Å². The third kappa shape index (κ3) is 3.09. The van der Waals surface area contributed by atoms with Crippen molar-refractivity contribution >= 4 is 22.8 Å². The number of anilines is 1. The van der Waals surface area contributed by atoms with E-state index in [1.165, 1.54) is 0 Å². The fourth-order valence-corrected chi connectivity index (χ4v) is 3.03. The van der Waals surface area contributed by atoms with Crippen LogP contribution in [0.3, 0.4) is 0 Å². The van der Waals surface area contributed by atoms with Gasteiger partial charge in [-0.2, -0.15) is 5.10 Å². The SMILES string of the molecule is COc1cccc(-c2noc3nc(C)cc(C(=O)Nc4cc(C)n(C)n4)c23)c1. The summed E-state index contributed by atoms with van der Waals surface area (Å²) in [6.45, 7) is 3.72. The van der Waals surface area contributed by atoms with E-state index < -0.39 is 0 Å². The molecule has 0 aliphatic heterocycles. The molecule has 0 bridgehead atoms. The van der Waals surface area contributed by atoms with E-state index in [4.69, 9.17) is 9.26 Å². The molecule has 0 saturated carbocycles. The van der Waals surface area contributed by atoms with Crippen LogP contribution in [0.2, 0.25) is 0 Å². The maximum Gasteiger partial charge on any atom is 0.259 e. The number of pyridine rings is 1. The highest BCUT2D eigenvalue weighted by Gasteiger charge is 2.22. The van der Waals surface area contributed by atoms with Crippen LogP contribution in [-0.2, 0) is 7.05 Å². The Morgan fingerprint density at radius 2 is 2.04 bits per heavy atom.